The Morgan fingerprint density at radius 3 is 2.00 bits per heavy atom. The lowest BCUT2D eigenvalue weighted by Gasteiger charge is -2.55. The minimum atomic E-state index is 0.310. The van der Waals surface area contributed by atoms with E-state index in [2.05, 4.69) is 26.1 Å². The Labute approximate surface area is 81.3 Å². The number of fused-ring (bicyclic) bond motifs is 2. The molecule has 0 radical (unpaired) electrons. The summed E-state index contributed by atoms with van der Waals surface area (Å²) in [5.41, 5.74) is 6.72. The topological polar surface area (TPSA) is 38.0 Å². The van der Waals surface area contributed by atoms with Crippen molar-refractivity contribution >= 4 is 0 Å². The zero-order chi connectivity index (χ0) is 9.69. The van der Waals surface area contributed by atoms with Gasteiger partial charge in [0.25, 0.3) is 0 Å². The standard InChI is InChI=1S/C11H22N2/c1-8-4-10(2)6-9(12)7-11(3,5-8)13-10/h8-9,13H,4-7,12H2,1-3H3. The molecule has 0 aromatic heterocycles. The number of nitrogens with one attached hydrogen (secondary N) is 1. The van der Waals surface area contributed by atoms with E-state index in [-0.39, 0.29) is 0 Å². The maximum Gasteiger partial charge on any atom is 0.0175 e. The fourth-order valence-corrected chi connectivity index (χ4v) is 3.94. The number of hydrogen-bond donors (Lipinski definition) is 2. The lowest BCUT2D eigenvalue weighted by atomic mass is 9.66. The molecule has 2 unspecified atom stereocenters. The van der Waals surface area contributed by atoms with Crippen molar-refractivity contribution in [2.45, 2.75) is 63.6 Å². The molecule has 0 aromatic rings. The van der Waals surface area contributed by atoms with Gasteiger partial charge in [0.1, 0.15) is 0 Å². The van der Waals surface area contributed by atoms with E-state index in [1.54, 1.807) is 0 Å². The van der Waals surface area contributed by atoms with E-state index in [1.807, 2.05) is 0 Å². The fraction of sp³-hybridized carbons (Fsp3) is 1.00. The highest BCUT2D eigenvalue weighted by Crippen LogP contribution is 2.41. The fourth-order valence-electron chi connectivity index (χ4n) is 3.94. The summed E-state index contributed by atoms with van der Waals surface area (Å²) < 4.78 is 0. The molecule has 2 heteroatoms. The molecular weight excluding hydrogens is 160 g/mol. The molecular formula is C11H22N2. The zero-order valence-electron chi connectivity index (χ0n) is 9.06. The van der Waals surface area contributed by atoms with Gasteiger partial charge in [-0.25, -0.2) is 0 Å². The van der Waals surface area contributed by atoms with Gasteiger partial charge in [-0.3, -0.25) is 0 Å². The minimum Gasteiger partial charge on any atom is -0.328 e. The summed E-state index contributed by atoms with van der Waals surface area (Å²) in [4.78, 5) is 0. The van der Waals surface area contributed by atoms with E-state index in [0.717, 1.165) is 18.8 Å². The molecule has 2 saturated heterocycles. The quantitative estimate of drug-likeness (QED) is 0.598. The first-order valence-electron chi connectivity index (χ1n) is 5.46. The van der Waals surface area contributed by atoms with Crippen LogP contribution in [-0.2, 0) is 0 Å². The molecule has 2 atom stereocenters. The number of piperidine rings is 2. The average Bonchev–Trinajstić information content (AvgIpc) is 1.75. The molecule has 0 aromatic carbocycles. The molecule has 2 rings (SSSR count). The lowest BCUT2D eigenvalue weighted by molar-refractivity contribution is 0.0501. The highest BCUT2D eigenvalue weighted by molar-refractivity contribution is 5.07. The van der Waals surface area contributed by atoms with Gasteiger partial charge in [-0.15, -0.1) is 0 Å². The highest BCUT2D eigenvalue weighted by Gasteiger charge is 2.46. The van der Waals surface area contributed by atoms with Crippen LogP contribution in [0.25, 0.3) is 0 Å². The van der Waals surface area contributed by atoms with Gasteiger partial charge in [-0.2, -0.15) is 0 Å². The highest BCUT2D eigenvalue weighted by atomic mass is 15.1. The minimum absolute atomic E-state index is 0.310. The van der Waals surface area contributed by atoms with Gasteiger partial charge in [0.2, 0.25) is 0 Å². The summed E-state index contributed by atoms with van der Waals surface area (Å²) in [6, 6.07) is 0.406. The van der Waals surface area contributed by atoms with E-state index < -0.39 is 0 Å². The summed E-state index contributed by atoms with van der Waals surface area (Å²) >= 11 is 0. The molecule has 2 bridgehead atoms. The Morgan fingerprint density at radius 2 is 1.54 bits per heavy atom. The molecule has 0 aliphatic carbocycles. The summed E-state index contributed by atoms with van der Waals surface area (Å²) in [7, 11) is 0. The second-order valence-electron chi connectivity index (χ2n) is 5.93. The van der Waals surface area contributed by atoms with Crippen molar-refractivity contribution in [3.63, 3.8) is 0 Å². The van der Waals surface area contributed by atoms with Crippen LogP contribution >= 0.6 is 0 Å². The van der Waals surface area contributed by atoms with Crippen molar-refractivity contribution in [1.82, 2.24) is 5.32 Å². The third kappa shape index (κ3) is 1.75. The maximum absolute atomic E-state index is 6.10. The van der Waals surface area contributed by atoms with E-state index in [1.165, 1.54) is 12.8 Å². The van der Waals surface area contributed by atoms with Gasteiger partial charge >= 0.3 is 0 Å². The first kappa shape index (κ1) is 9.47. The van der Waals surface area contributed by atoms with Crippen molar-refractivity contribution in [3.05, 3.63) is 0 Å². The Morgan fingerprint density at radius 1 is 1.08 bits per heavy atom. The average molecular weight is 182 g/mol. The van der Waals surface area contributed by atoms with Crippen LogP contribution in [0.3, 0.4) is 0 Å². The number of nitrogens with two attached hydrogens (primary N) is 1. The first-order chi connectivity index (χ1) is 5.91. The van der Waals surface area contributed by atoms with Crippen LogP contribution in [0.1, 0.15) is 46.5 Å². The molecule has 2 heterocycles. The third-order valence-corrected chi connectivity index (χ3v) is 3.63. The van der Waals surface area contributed by atoms with Crippen LogP contribution in [0, 0.1) is 5.92 Å². The molecule has 13 heavy (non-hydrogen) atoms. The van der Waals surface area contributed by atoms with E-state index >= 15 is 0 Å². The first-order valence-corrected chi connectivity index (χ1v) is 5.46. The summed E-state index contributed by atoms with van der Waals surface area (Å²) in [5, 5.41) is 3.79. The monoisotopic (exact) mass is 182 g/mol. The van der Waals surface area contributed by atoms with Gasteiger partial charge in [-0.1, -0.05) is 6.92 Å². The SMILES string of the molecule is CC1CC2(C)CC(N)CC(C)(C1)N2. The maximum atomic E-state index is 6.10. The van der Waals surface area contributed by atoms with Crippen molar-refractivity contribution < 1.29 is 0 Å². The largest absolute Gasteiger partial charge is 0.328 e. The second kappa shape index (κ2) is 2.71. The van der Waals surface area contributed by atoms with Gasteiger partial charge in [0, 0.05) is 17.1 Å². The second-order valence-corrected chi connectivity index (χ2v) is 5.93. The van der Waals surface area contributed by atoms with Crippen LogP contribution in [0.15, 0.2) is 0 Å². The molecule has 76 valence electrons. The lowest BCUT2D eigenvalue weighted by Crippen LogP contribution is -2.67. The molecule has 3 N–H and O–H groups in total. The van der Waals surface area contributed by atoms with Crippen LogP contribution in [-0.4, -0.2) is 17.1 Å². The normalized spacial score (nSPS) is 56.3. The molecule has 2 nitrogen and oxygen atoms in total. The molecule has 0 saturated carbocycles. The van der Waals surface area contributed by atoms with Crippen LogP contribution in [0.5, 0.6) is 0 Å². The predicted molar refractivity (Wildman–Crippen MR) is 55.6 cm³/mol. The number of hydrogen-bond acceptors (Lipinski definition) is 2. The van der Waals surface area contributed by atoms with E-state index in [9.17, 15) is 0 Å². The van der Waals surface area contributed by atoms with E-state index in [4.69, 9.17) is 5.73 Å². The predicted octanol–water partition coefficient (Wildman–Crippen LogP) is 1.64. The molecule has 0 amide bonds. The van der Waals surface area contributed by atoms with Crippen molar-refractivity contribution in [3.8, 4) is 0 Å². The summed E-state index contributed by atoms with van der Waals surface area (Å²) in [6.07, 6.45) is 4.87. The summed E-state index contributed by atoms with van der Waals surface area (Å²) in [6.45, 7) is 7.04. The smallest absolute Gasteiger partial charge is 0.0175 e. The van der Waals surface area contributed by atoms with Crippen LogP contribution < -0.4 is 11.1 Å². The van der Waals surface area contributed by atoms with Gasteiger partial charge in [0.05, 0.1) is 0 Å². The van der Waals surface area contributed by atoms with E-state index in [0.29, 0.717) is 17.1 Å². The van der Waals surface area contributed by atoms with Gasteiger partial charge in [0.15, 0.2) is 0 Å². The van der Waals surface area contributed by atoms with Crippen LogP contribution in [0.2, 0.25) is 0 Å². The Hall–Kier alpha value is -0.0800. The Kier molecular flexibility index (Phi) is 1.97. The summed E-state index contributed by atoms with van der Waals surface area (Å²) in [5.74, 6) is 0.851. The molecule has 2 fully saturated rings. The van der Waals surface area contributed by atoms with Crippen LogP contribution in [0.4, 0.5) is 0 Å². The molecule has 0 spiro atoms. The zero-order valence-corrected chi connectivity index (χ0v) is 9.06. The Balaban J connectivity index is 2.22. The Bertz CT molecular complexity index is 178. The molecule has 2 aliphatic rings. The van der Waals surface area contributed by atoms with Gasteiger partial charge < -0.3 is 11.1 Å². The van der Waals surface area contributed by atoms with Crippen molar-refractivity contribution in [2.24, 2.45) is 11.7 Å². The van der Waals surface area contributed by atoms with Crippen molar-refractivity contribution in [2.75, 3.05) is 0 Å². The third-order valence-electron chi connectivity index (χ3n) is 3.63. The molecule has 2 aliphatic heterocycles. The van der Waals surface area contributed by atoms with Gasteiger partial charge in [-0.05, 0) is 45.4 Å². The number of rotatable bonds is 0. The van der Waals surface area contributed by atoms with Crippen molar-refractivity contribution in [1.29, 1.82) is 0 Å².